The van der Waals surface area contributed by atoms with Crippen LogP contribution < -0.4 is 10.3 Å². The Morgan fingerprint density at radius 3 is 2.22 bits per heavy atom. The van der Waals surface area contributed by atoms with Gasteiger partial charge in [-0.3, -0.25) is 9.59 Å². The molecule has 0 unspecified atom stereocenters. The molecule has 1 aromatic carbocycles. The van der Waals surface area contributed by atoms with Gasteiger partial charge < -0.3 is 14.2 Å². The second kappa shape index (κ2) is 9.87. The molecule has 9 heteroatoms. The fourth-order valence-corrected chi connectivity index (χ4v) is 5.30. The third kappa shape index (κ3) is 5.05. The fraction of sp³-hybridized carbons (Fsp3) is 0.478. The molecule has 3 rings (SSSR count). The van der Waals surface area contributed by atoms with Crippen LogP contribution in [0.25, 0.3) is 0 Å². The minimum absolute atomic E-state index is 0.0628. The molecule has 1 amide bonds. The Morgan fingerprint density at radius 1 is 1.09 bits per heavy atom. The first-order valence-electron chi connectivity index (χ1n) is 10.9. The number of likely N-dealkylation sites (tertiary alicyclic amines) is 1. The summed E-state index contributed by atoms with van der Waals surface area (Å²) in [6.07, 6.45) is 1.26. The van der Waals surface area contributed by atoms with Crippen molar-refractivity contribution in [1.82, 2.24) is 13.8 Å². The van der Waals surface area contributed by atoms with Crippen LogP contribution in [0.2, 0.25) is 0 Å². The highest BCUT2D eigenvalue weighted by molar-refractivity contribution is 7.89. The van der Waals surface area contributed by atoms with Crippen molar-refractivity contribution in [3.8, 4) is 5.75 Å². The van der Waals surface area contributed by atoms with E-state index in [0.29, 0.717) is 50.3 Å². The van der Waals surface area contributed by atoms with Gasteiger partial charge in [0.25, 0.3) is 11.5 Å². The molecular weight excluding hydrogens is 430 g/mol. The highest BCUT2D eigenvalue weighted by atomic mass is 32.2. The number of ether oxygens (including phenoxy) is 1. The molecule has 8 nitrogen and oxygen atoms in total. The van der Waals surface area contributed by atoms with E-state index < -0.39 is 10.0 Å². The standard InChI is InChI=1S/C23H31N3O5S/c1-5-26(6-2)32(29,30)21-9-7-18(8-10-21)23(28)25-13-11-19(12-14-25)31-20-15-17(3)24(4)22(27)16-20/h7-10,15-16,19H,5-6,11-14H2,1-4H3. The second-order valence-corrected chi connectivity index (χ2v) is 9.89. The quantitative estimate of drug-likeness (QED) is 0.632. The van der Waals surface area contributed by atoms with Gasteiger partial charge in [-0.15, -0.1) is 0 Å². The van der Waals surface area contributed by atoms with E-state index in [1.54, 1.807) is 42.5 Å². The van der Waals surface area contributed by atoms with Gasteiger partial charge in [-0.25, -0.2) is 8.42 Å². The maximum atomic E-state index is 12.9. The number of carbonyl (C=O) groups is 1. The molecule has 1 saturated heterocycles. The Morgan fingerprint density at radius 2 is 1.69 bits per heavy atom. The molecule has 0 spiro atoms. The lowest BCUT2D eigenvalue weighted by Gasteiger charge is -2.32. The summed E-state index contributed by atoms with van der Waals surface area (Å²) in [7, 11) is -1.83. The first-order chi connectivity index (χ1) is 15.2. The zero-order valence-corrected chi connectivity index (χ0v) is 19.9. The van der Waals surface area contributed by atoms with E-state index in [2.05, 4.69) is 0 Å². The molecule has 0 radical (unpaired) electrons. The Kier molecular flexibility index (Phi) is 7.40. The van der Waals surface area contributed by atoms with Gasteiger partial charge in [0.1, 0.15) is 11.9 Å². The largest absolute Gasteiger partial charge is 0.490 e. The number of pyridine rings is 1. The number of aryl methyl sites for hydroxylation is 1. The van der Waals surface area contributed by atoms with Crippen LogP contribution in [0.5, 0.6) is 5.75 Å². The van der Waals surface area contributed by atoms with Gasteiger partial charge in [0.05, 0.1) is 4.90 Å². The number of amides is 1. The third-order valence-electron chi connectivity index (χ3n) is 5.95. The Balaban J connectivity index is 1.61. The first-order valence-corrected chi connectivity index (χ1v) is 12.3. The highest BCUT2D eigenvalue weighted by Crippen LogP contribution is 2.21. The Bertz CT molecular complexity index is 1110. The van der Waals surface area contributed by atoms with Crippen molar-refractivity contribution < 1.29 is 17.9 Å². The topological polar surface area (TPSA) is 88.9 Å². The van der Waals surface area contributed by atoms with Crippen molar-refractivity contribution >= 4 is 15.9 Å². The summed E-state index contributed by atoms with van der Waals surface area (Å²) in [5.74, 6) is 0.431. The van der Waals surface area contributed by atoms with Gasteiger partial charge in [0.15, 0.2) is 0 Å². The number of hydrogen-bond acceptors (Lipinski definition) is 5. The second-order valence-electron chi connectivity index (χ2n) is 7.95. The van der Waals surface area contributed by atoms with Crippen LogP contribution >= 0.6 is 0 Å². The molecule has 32 heavy (non-hydrogen) atoms. The number of nitrogens with zero attached hydrogens (tertiary/aromatic N) is 3. The molecule has 1 aliphatic rings. The zero-order chi connectivity index (χ0) is 23.5. The molecule has 0 N–H and O–H groups in total. The number of carbonyl (C=O) groups excluding carboxylic acids is 1. The average Bonchev–Trinajstić information content (AvgIpc) is 2.78. The molecule has 2 aromatic rings. The van der Waals surface area contributed by atoms with E-state index in [-0.39, 0.29) is 22.5 Å². The molecule has 2 heterocycles. The smallest absolute Gasteiger partial charge is 0.254 e. The monoisotopic (exact) mass is 461 g/mol. The van der Waals surface area contributed by atoms with E-state index in [0.717, 1.165) is 5.69 Å². The Hall–Kier alpha value is -2.65. The minimum Gasteiger partial charge on any atom is -0.490 e. The Labute approximate surface area is 189 Å². The number of aromatic nitrogens is 1. The number of piperidine rings is 1. The van der Waals surface area contributed by atoms with Gasteiger partial charge in [-0.1, -0.05) is 13.8 Å². The van der Waals surface area contributed by atoms with Crippen molar-refractivity contribution in [2.75, 3.05) is 26.2 Å². The van der Waals surface area contributed by atoms with E-state index >= 15 is 0 Å². The molecular formula is C23H31N3O5S. The number of hydrogen-bond donors (Lipinski definition) is 0. The van der Waals surface area contributed by atoms with Crippen LogP contribution in [0.3, 0.4) is 0 Å². The van der Waals surface area contributed by atoms with Crippen LogP contribution in [0.15, 0.2) is 46.1 Å². The van der Waals surface area contributed by atoms with Gasteiger partial charge in [-0.05, 0) is 37.3 Å². The molecule has 0 atom stereocenters. The van der Waals surface area contributed by atoms with E-state index in [9.17, 15) is 18.0 Å². The van der Waals surface area contributed by atoms with Crippen LogP contribution in [0.1, 0.15) is 42.7 Å². The third-order valence-corrected chi connectivity index (χ3v) is 8.02. The molecule has 174 valence electrons. The summed E-state index contributed by atoms with van der Waals surface area (Å²) in [5, 5.41) is 0. The summed E-state index contributed by atoms with van der Waals surface area (Å²) < 4.78 is 34.2. The lowest BCUT2D eigenvalue weighted by atomic mass is 10.1. The summed E-state index contributed by atoms with van der Waals surface area (Å²) in [6.45, 7) is 7.31. The van der Waals surface area contributed by atoms with Gasteiger partial charge in [0.2, 0.25) is 10.0 Å². The van der Waals surface area contributed by atoms with Crippen molar-refractivity contribution in [2.45, 2.75) is 44.6 Å². The summed E-state index contributed by atoms with van der Waals surface area (Å²) in [4.78, 5) is 26.8. The predicted octanol–water partition coefficient (Wildman–Crippen LogP) is 2.41. The molecule has 1 fully saturated rings. The number of sulfonamides is 1. The normalized spacial score (nSPS) is 15.2. The molecule has 0 saturated carbocycles. The van der Waals surface area contributed by atoms with Crippen molar-refractivity contribution in [1.29, 1.82) is 0 Å². The summed E-state index contributed by atoms with van der Waals surface area (Å²) >= 11 is 0. The predicted molar refractivity (Wildman–Crippen MR) is 123 cm³/mol. The highest BCUT2D eigenvalue weighted by Gasteiger charge is 2.26. The van der Waals surface area contributed by atoms with Gasteiger partial charge in [-0.2, -0.15) is 4.31 Å². The lowest BCUT2D eigenvalue weighted by molar-refractivity contribution is 0.0595. The summed E-state index contributed by atoms with van der Waals surface area (Å²) in [6, 6.07) is 9.46. The van der Waals surface area contributed by atoms with Crippen LogP contribution in [0, 0.1) is 6.92 Å². The van der Waals surface area contributed by atoms with Crippen molar-refractivity contribution in [3.05, 3.63) is 58.0 Å². The molecule has 1 aliphatic heterocycles. The van der Waals surface area contributed by atoms with E-state index in [1.807, 2.05) is 13.0 Å². The maximum absolute atomic E-state index is 12.9. The van der Waals surface area contributed by atoms with E-state index in [1.165, 1.54) is 22.5 Å². The van der Waals surface area contributed by atoms with Gasteiger partial charge in [0, 0.05) is 63.4 Å². The SMILES string of the molecule is CCN(CC)S(=O)(=O)c1ccc(C(=O)N2CCC(Oc3cc(C)n(C)c(=O)c3)CC2)cc1. The first kappa shape index (κ1) is 24.0. The van der Waals surface area contributed by atoms with Crippen molar-refractivity contribution in [2.24, 2.45) is 7.05 Å². The molecule has 1 aromatic heterocycles. The number of benzene rings is 1. The van der Waals surface area contributed by atoms with Gasteiger partial charge >= 0.3 is 0 Å². The van der Waals surface area contributed by atoms with Crippen LogP contribution in [0.4, 0.5) is 0 Å². The number of rotatable bonds is 7. The zero-order valence-electron chi connectivity index (χ0n) is 19.1. The molecule has 0 bridgehead atoms. The molecule has 0 aliphatic carbocycles. The summed E-state index contributed by atoms with van der Waals surface area (Å²) in [5.41, 5.74) is 1.18. The maximum Gasteiger partial charge on any atom is 0.254 e. The minimum atomic E-state index is -3.55. The average molecular weight is 462 g/mol. The van der Waals surface area contributed by atoms with Crippen molar-refractivity contribution in [3.63, 3.8) is 0 Å². The lowest BCUT2D eigenvalue weighted by Crippen LogP contribution is -2.41. The van der Waals surface area contributed by atoms with Crippen LogP contribution in [-0.4, -0.2) is 60.4 Å². The van der Waals surface area contributed by atoms with Crippen LogP contribution in [-0.2, 0) is 17.1 Å². The van der Waals surface area contributed by atoms with E-state index in [4.69, 9.17) is 4.74 Å². The fourth-order valence-electron chi connectivity index (χ4n) is 3.84.